The minimum absolute atomic E-state index is 0.167. The molecule has 1 aromatic heterocycles. The van der Waals surface area contributed by atoms with Gasteiger partial charge in [0.05, 0.1) is 0 Å². The minimum atomic E-state index is -0.908. The SMILES string of the molecule is CC(C)(C)c1cc(NC(=O)c2c(F)cccc2F)n[nH]1. The summed E-state index contributed by atoms with van der Waals surface area (Å²) >= 11 is 0. The number of hydrogen-bond acceptors (Lipinski definition) is 2. The maximum Gasteiger partial charge on any atom is 0.262 e. The highest BCUT2D eigenvalue weighted by Gasteiger charge is 2.20. The first-order valence-corrected chi connectivity index (χ1v) is 6.10. The maximum atomic E-state index is 13.5. The van der Waals surface area contributed by atoms with Crippen molar-refractivity contribution >= 4 is 11.7 Å². The van der Waals surface area contributed by atoms with Crippen LogP contribution in [0.3, 0.4) is 0 Å². The Balaban J connectivity index is 2.22. The summed E-state index contributed by atoms with van der Waals surface area (Å²) in [6.07, 6.45) is 0. The van der Waals surface area contributed by atoms with E-state index in [-0.39, 0.29) is 11.2 Å². The summed E-state index contributed by atoms with van der Waals surface area (Å²) in [5, 5.41) is 9.06. The van der Waals surface area contributed by atoms with Crippen LogP contribution in [-0.2, 0) is 5.41 Å². The lowest BCUT2D eigenvalue weighted by molar-refractivity contribution is 0.101. The molecule has 6 heteroatoms. The third-order valence-electron chi connectivity index (χ3n) is 2.82. The third-order valence-corrected chi connectivity index (χ3v) is 2.82. The van der Waals surface area contributed by atoms with Gasteiger partial charge in [-0.15, -0.1) is 0 Å². The molecule has 2 aromatic rings. The van der Waals surface area contributed by atoms with Gasteiger partial charge in [-0.05, 0) is 12.1 Å². The number of hydrogen-bond donors (Lipinski definition) is 2. The number of rotatable bonds is 2. The molecule has 1 amide bonds. The summed E-state index contributed by atoms with van der Waals surface area (Å²) < 4.78 is 26.9. The van der Waals surface area contributed by atoms with Crippen LogP contribution in [0.4, 0.5) is 14.6 Å². The highest BCUT2D eigenvalue weighted by atomic mass is 19.1. The molecular formula is C14H15F2N3O. The molecule has 4 nitrogen and oxygen atoms in total. The fourth-order valence-electron chi connectivity index (χ4n) is 1.66. The van der Waals surface area contributed by atoms with Crippen LogP contribution in [-0.4, -0.2) is 16.1 Å². The third kappa shape index (κ3) is 2.84. The highest BCUT2D eigenvalue weighted by molar-refractivity contribution is 6.04. The van der Waals surface area contributed by atoms with Crippen molar-refractivity contribution in [2.75, 3.05) is 5.32 Å². The average Bonchev–Trinajstić information content (AvgIpc) is 2.76. The zero-order chi connectivity index (χ0) is 14.9. The fraction of sp³-hybridized carbons (Fsp3) is 0.286. The van der Waals surface area contributed by atoms with E-state index >= 15 is 0 Å². The molecule has 1 heterocycles. The van der Waals surface area contributed by atoms with E-state index in [1.165, 1.54) is 6.07 Å². The van der Waals surface area contributed by atoms with Crippen LogP contribution >= 0.6 is 0 Å². The van der Waals surface area contributed by atoms with Gasteiger partial charge >= 0.3 is 0 Å². The predicted octanol–water partition coefficient (Wildman–Crippen LogP) is 3.24. The number of H-pyrrole nitrogens is 1. The molecule has 0 atom stereocenters. The monoisotopic (exact) mass is 279 g/mol. The van der Waals surface area contributed by atoms with Crippen molar-refractivity contribution in [1.29, 1.82) is 0 Å². The Morgan fingerprint density at radius 2 is 1.85 bits per heavy atom. The molecule has 0 aliphatic carbocycles. The normalized spacial score (nSPS) is 11.4. The van der Waals surface area contributed by atoms with Crippen LogP contribution in [0.15, 0.2) is 24.3 Å². The number of halogens is 2. The van der Waals surface area contributed by atoms with Gasteiger partial charge in [-0.3, -0.25) is 9.89 Å². The highest BCUT2D eigenvalue weighted by Crippen LogP contribution is 2.22. The van der Waals surface area contributed by atoms with E-state index in [4.69, 9.17) is 0 Å². The average molecular weight is 279 g/mol. The van der Waals surface area contributed by atoms with E-state index in [1.807, 2.05) is 20.8 Å². The van der Waals surface area contributed by atoms with Crippen LogP contribution in [0.1, 0.15) is 36.8 Å². The molecule has 1 aromatic carbocycles. The molecule has 0 bridgehead atoms. The van der Waals surface area contributed by atoms with Crippen molar-refractivity contribution in [3.63, 3.8) is 0 Å². The summed E-state index contributed by atoms with van der Waals surface area (Å²) in [4.78, 5) is 11.9. The Morgan fingerprint density at radius 1 is 1.25 bits per heavy atom. The molecule has 0 aliphatic heterocycles. The largest absolute Gasteiger partial charge is 0.305 e. The Labute approximate surface area is 115 Å². The second kappa shape index (κ2) is 5.03. The maximum absolute atomic E-state index is 13.5. The van der Waals surface area contributed by atoms with Gasteiger partial charge < -0.3 is 5.32 Å². The zero-order valence-electron chi connectivity index (χ0n) is 11.4. The van der Waals surface area contributed by atoms with E-state index in [1.54, 1.807) is 6.07 Å². The Bertz CT molecular complexity index is 624. The lowest BCUT2D eigenvalue weighted by Crippen LogP contribution is -2.16. The molecule has 0 saturated heterocycles. The van der Waals surface area contributed by atoms with Gasteiger partial charge in [-0.2, -0.15) is 5.10 Å². The summed E-state index contributed by atoms with van der Waals surface area (Å²) in [5.41, 5.74) is 0.0220. The predicted molar refractivity (Wildman–Crippen MR) is 71.6 cm³/mol. The molecule has 0 aliphatic rings. The van der Waals surface area contributed by atoms with Crippen LogP contribution in [0.25, 0.3) is 0 Å². The summed E-state index contributed by atoms with van der Waals surface area (Å²) in [7, 11) is 0. The summed E-state index contributed by atoms with van der Waals surface area (Å²) in [5.74, 6) is -2.46. The number of aromatic amines is 1. The van der Waals surface area contributed by atoms with Gasteiger partial charge in [-0.25, -0.2) is 8.78 Å². The molecule has 0 saturated carbocycles. The number of nitrogens with zero attached hydrogens (tertiary/aromatic N) is 1. The first kappa shape index (κ1) is 14.2. The number of carbonyl (C=O) groups is 1. The Kier molecular flexibility index (Phi) is 3.57. The number of benzene rings is 1. The lowest BCUT2D eigenvalue weighted by atomic mass is 9.92. The van der Waals surface area contributed by atoms with Crippen molar-refractivity contribution < 1.29 is 13.6 Å². The zero-order valence-corrected chi connectivity index (χ0v) is 11.4. The van der Waals surface area contributed by atoms with Crippen LogP contribution in [0.2, 0.25) is 0 Å². The summed E-state index contributed by atoms with van der Waals surface area (Å²) in [6.45, 7) is 5.92. The standard InChI is InChI=1S/C14H15F2N3O/c1-14(2,3)10-7-11(19-18-10)17-13(20)12-8(15)5-4-6-9(12)16/h4-7H,1-3H3,(H2,17,18,19,20). The molecule has 0 unspecified atom stereocenters. The molecule has 0 fully saturated rings. The Morgan fingerprint density at radius 3 is 2.35 bits per heavy atom. The molecule has 0 spiro atoms. The molecule has 2 rings (SSSR count). The quantitative estimate of drug-likeness (QED) is 0.886. The minimum Gasteiger partial charge on any atom is -0.305 e. The van der Waals surface area contributed by atoms with E-state index in [0.29, 0.717) is 0 Å². The molecule has 0 radical (unpaired) electrons. The van der Waals surface area contributed by atoms with E-state index < -0.39 is 23.1 Å². The summed E-state index contributed by atoms with van der Waals surface area (Å²) in [6, 6.07) is 4.90. The van der Waals surface area contributed by atoms with Gasteiger partial charge in [0.1, 0.15) is 17.2 Å². The topological polar surface area (TPSA) is 57.8 Å². The van der Waals surface area contributed by atoms with Gasteiger partial charge in [0.15, 0.2) is 5.82 Å². The lowest BCUT2D eigenvalue weighted by Gasteiger charge is -2.14. The second-order valence-corrected chi connectivity index (χ2v) is 5.47. The second-order valence-electron chi connectivity index (χ2n) is 5.47. The molecule has 106 valence electrons. The van der Waals surface area contributed by atoms with E-state index in [9.17, 15) is 13.6 Å². The van der Waals surface area contributed by atoms with E-state index in [0.717, 1.165) is 17.8 Å². The molecule has 20 heavy (non-hydrogen) atoms. The number of carbonyl (C=O) groups excluding carboxylic acids is 1. The van der Waals surface area contributed by atoms with Gasteiger partial charge in [-0.1, -0.05) is 26.8 Å². The molecule has 2 N–H and O–H groups in total. The number of aromatic nitrogens is 2. The van der Waals surface area contributed by atoms with Crippen molar-refractivity contribution in [2.45, 2.75) is 26.2 Å². The fourth-order valence-corrected chi connectivity index (χ4v) is 1.66. The number of anilines is 1. The van der Waals surface area contributed by atoms with Crippen molar-refractivity contribution in [2.24, 2.45) is 0 Å². The van der Waals surface area contributed by atoms with Gasteiger partial charge in [0, 0.05) is 17.2 Å². The van der Waals surface area contributed by atoms with E-state index in [2.05, 4.69) is 15.5 Å². The van der Waals surface area contributed by atoms with Crippen LogP contribution in [0.5, 0.6) is 0 Å². The van der Waals surface area contributed by atoms with Crippen LogP contribution in [0, 0.1) is 11.6 Å². The number of amides is 1. The van der Waals surface area contributed by atoms with Crippen molar-refractivity contribution in [3.8, 4) is 0 Å². The molecular weight excluding hydrogens is 264 g/mol. The Hall–Kier alpha value is -2.24. The van der Waals surface area contributed by atoms with Crippen molar-refractivity contribution in [3.05, 3.63) is 47.2 Å². The van der Waals surface area contributed by atoms with Crippen molar-refractivity contribution in [1.82, 2.24) is 10.2 Å². The first-order chi connectivity index (χ1) is 9.29. The first-order valence-electron chi connectivity index (χ1n) is 6.10. The van der Waals surface area contributed by atoms with Gasteiger partial charge in [0.25, 0.3) is 5.91 Å². The van der Waals surface area contributed by atoms with Crippen LogP contribution < -0.4 is 5.32 Å². The smallest absolute Gasteiger partial charge is 0.262 e. The number of nitrogens with one attached hydrogen (secondary N) is 2. The van der Waals surface area contributed by atoms with Gasteiger partial charge in [0.2, 0.25) is 0 Å².